The molecule has 0 atom stereocenters. The number of nitrogens with zero attached hydrogens (tertiary/aromatic N) is 3. The summed E-state index contributed by atoms with van der Waals surface area (Å²) < 4.78 is 16.5. The van der Waals surface area contributed by atoms with Gasteiger partial charge in [-0.1, -0.05) is 11.6 Å². The molecule has 1 fully saturated rings. The van der Waals surface area contributed by atoms with Crippen molar-refractivity contribution < 1.29 is 18.7 Å². The molecule has 174 valence electrons. The Kier molecular flexibility index (Phi) is 8.92. The Morgan fingerprint density at radius 3 is 2.62 bits per heavy atom. The van der Waals surface area contributed by atoms with Gasteiger partial charge in [0.2, 0.25) is 0 Å². The van der Waals surface area contributed by atoms with Gasteiger partial charge in [-0.2, -0.15) is 0 Å². The number of fused-ring (bicyclic) bond motifs is 1. The van der Waals surface area contributed by atoms with Crippen molar-refractivity contribution in [2.45, 2.75) is 13.3 Å². The topological polar surface area (TPSA) is 79.5 Å². The van der Waals surface area contributed by atoms with E-state index in [9.17, 15) is 4.79 Å². The predicted molar refractivity (Wildman–Crippen MR) is 134 cm³/mol. The smallest absolute Gasteiger partial charge is 0.289 e. The SMILES string of the molecule is CCNC(=NCCc1cc(Cl)c2c(c1)OCCO2)N1CCN(C(=O)c2ccco2)CC1.I. The van der Waals surface area contributed by atoms with Crippen molar-refractivity contribution in [2.75, 3.05) is 52.5 Å². The van der Waals surface area contributed by atoms with Crippen molar-refractivity contribution in [3.8, 4) is 11.5 Å². The van der Waals surface area contributed by atoms with Gasteiger partial charge in [-0.3, -0.25) is 9.79 Å². The van der Waals surface area contributed by atoms with Crippen LogP contribution in [0.4, 0.5) is 0 Å². The third-order valence-electron chi connectivity index (χ3n) is 5.25. The molecular weight excluding hydrogens is 547 g/mol. The second kappa shape index (κ2) is 11.6. The average Bonchev–Trinajstić information content (AvgIpc) is 3.33. The first-order chi connectivity index (χ1) is 15.2. The van der Waals surface area contributed by atoms with Crippen LogP contribution < -0.4 is 14.8 Å². The zero-order valence-corrected chi connectivity index (χ0v) is 21.1. The number of hydrogen-bond donors (Lipinski definition) is 1. The van der Waals surface area contributed by atoms with E-state index in [4.69, 9.17) is 30.5 Å². The fraction of sp³-hybridized carbons (Fsp3) is 0.455. The molecule has 10 heteroatoms. The molecule has 2 aliphatic rings. The second-order valence-electron chi connectivity index (χ2n) is 7.34. The van der Waals surface area contributed by atoms with Gasteiger partial charge in [0.05, 0.1) is 11.3 Å². The number of amides is 1. The maximum atomic E-state index is 12.5. The molecule has 4 rings (SSSR count). The van der Waals surface area contributed by atoms with Crippen LogP contribution >= 0.6 is 35.6 Å². The van der Waals surface area contributed by atoms with Gasteiger partial charge in [0, 0.05) is 39.3 Å². The quantitative estimate of drug-likeness (QED) is 0.336. The highest BCUT2D eigenvalue weighted by Crippen LogP contribution is 2.38. The molecule has 2 aliphatic heterocycles. The monoisotopic (exact) mass is 574 g/mol. The number of piperazine rings is 1. The number of carbonyl (C=O) groups excluding carboxylic acids is 1. The Hall–Kier alpha value is -2.14. The highest BCUT2D eigenvalue weighted by atomic mass is 127. The zero-order chi connectivity index (χ0) is 21.6. The highest BCUT2D eigenvalue weighted by Gasteiger charge is 2.25. The summed E-state index contributed by atoms with van der Waals surface area (Å²) in [6, 6.07) is 7.32. The highest BCUT2D eigenvalue weighted by molar-refractivity contribution is 14.0. The molecule has 0 spiro atoms. The minimum atomic E-state index is -0.0675. The van der Waals surface area contributed by atoms with Crippen LogP contribution in [0.15, 0.2) is 39.9 Å². The first-order valence-corrected chi connectivity index (χ1v) is 11.0. The van der Waals surface area contributed by atoms with Gasteiger partial charge in [-0.25, -0.2) is 0 Å². The number of nitrogens with one attached hydrogen (secondary N) is 1. The van der Waals surface area contributed by atoms with E-state index < -0.39 is 0 Å². The molecule has 1 amide bonds. The van der Waals surface area contributed by atoms with E-state index in [1.807, 2.05) is 24.0 Å². The number of benzene rings is 1. The van der Waals surface area contributed by atoms with Crippen LogP contribution in [0.5, 0.6) is 11.5 Å². The van der Waals surface area contributed by atoms with Gasteiger partial charge < -0.3 is 29.0 Å². The number of furan rings is 1. The van der Waals surface area contributed by atoms with E-state index in [-0.39, 0.29) is 29.9 Å². The van der Waals surface area contributed by atoms with E-state index in [0.29, 0.717) is 68.2 Å². The van der Waals surface area contributed by atoms with Crippen molar-refractivity contribution in [1.29, 1.82) is 0 Å². The molecule has 0 bridgehead atoms. The molecular formula is C22H28ClIN4O4. The lowest BCUT2D eigenvalue weighted by Gasteiger charge is -2.36. The number of rotatable bonds is 5. The number of ether oxygens (including phenoxy) is 2. The van der Waals surface area contributed by atoms with E-state index >= 15 is 0 Å². The summed E-state index contributed by atoms with van der Waals surface area (Å²) in [6.07, 6.45) is 2.26. The molecule has 1 saturated heterocycles. The summed E-state index contributed by atoms with van der Waals surface area (Å²) in [5, 5.41) is 3.92. The van der Waals surface area contributed by atoms with Gasteiger partial charge in [0.15, 0.2) is 23.2 Å². The summed E-state index contributed by atoms with van der Waals surface area (Å²) in [4.78, 5) is 21.3. The number of halogens is 2. The van der Waals surface area contributed by atoms with Crippen LogP contribution in [0.3, 0.4) is 0 Å². The van der Waals surface area contributed by atoms with E-state index in [2.05, 4.69) is 10.2 Å². The normalized spacial score (nSPS) is 15.9. The molecule has 0 aliphatic carbocycles. The van der Waals surface area contributed by atoms with Gasteiger partial charge in [0.25, 0.3) is 5.91 Å². The van der Waals surface area contributed by atoms with Crippen LogP contribution in [-0.4, -0.2) is 74.1 Å². The summed E-state index contributed by atoms with van der Waals surface area (Å²) in [7, 11) is 0. The lowest BCUT2D eigenvalue weighted by Crippen LogP contribution is -2.53. The van der Waals surface area contributed by atoms with Crippen LogP contribution in [0, 0.1) is 0 Å². The molecule has 8 nitrogen and oxygen atoms in total. The maximum absolute atomic E-state index is 12.5. The molecule has 1 aromatic carbocycles. The molecule has 0 saturated carbocycles. The minimum Gasteiger partial charge on any atom is -0.486 e. The molecule has 32 heavy (non-hydrogen) atoms. The Morgan fingerprint density at radius 2 is 1.91 bits per heavy atom. The van der Waals surface area contributed by atoms with Crippen molar-refractivity contribution >= 4 is 47.4 Å². The lowest BCUT2D eigenvalue weighted by atomic mass is 10.1. The van der Waals surface area contributed by atoms with Crippen molar-refractivity contribution in [2.24, 2.45) is 4.99 Å². The fourth-order valence-corrected chi connectivity index (χ4v) is 3.99. The Bertz CT molecular complexity index is 930. The molecule has 3 heterocycles. The summed E-state index contributed by atoms with van der Waals surface area (Å²) >= 11 is 6.34. The number of guanidine groups is 1. The third kappa shape index (κ3) is 5.80. The van der Waals surface area contributed by atoms with Crippen LogP contribution in [0.2, 0.25) is 5.02 Å². The van der Waals surface area contributed by atoms with Crippen molar-refractivity contribution in [1.82, 2.24) is 15.1 Å². The van der Waals surface area contributed by atoms with Gasteiger partial charge in [-0.15, -0.1) is 24.0 Å². The zero-order valence-electron chi connectivity index (χ0n) is 18.0. The standard InChI is InChI=1S/C22H27ClN4O4.HI/c1-2-24-22(27-9-7-26(8-10-27)21(28)18-4-3-11-29-18)25-6-5-16-14-17(23)20-19(15-16)30-12-13-31-20;/h3-4,11,14-15H,2,5-10,12-13H2,1H3,(H,24,25);1H. The number of hydrogen-bond acceptors (Lipinski definition) is 5. The largest absolute Gasteiger partial charge is 0.486 e. The Balaban J connectivity index is 0.00000289. The average molecular weight is 575 g/mol. The molecule has 1 N–H and O–H groups in total. The van der Waals surface area contributed by atoms with Gasteiger partial charge in [0.1, 0.15) is 13.2 Å². The second-order valence-corrected chi connectivity index (χ2v) is 7.75. The van der Waals surface area contributed by atoms with E-state index in [1.165, 1.54) is 6.26 Å². The summed E-state index contributed by atoms with van der Waals surface area (Å²) in [5.74, 6) is 2.49. The summed E-state index contributed by atoms with van der Waals surface area (Å²) in [5.41, 5.74) is 1.06. The van der Waals surface area contributed by atoms with E-state index in [0.717, 1.165) is 24.5 Å². The molecule has 1 aromatic heterocycles. The number of aliphatic imine (C=N–C) groups is 1. The van der Waals surface area contributed by atoms with Crippen LogP contribution in [-0.2, 0) is 6.42 Å². The van der Waals surface area contributed by atoms with Crippen molar-refractivity contribution in [3.05, 3.63) is 46.9 Å². The lowest BCUT2D eigenvalue weighted by molar-refractivity contribution is 0.0657. The minimum absolute atomic E-state index is 0. The molecule has 0 unspecified atom stereocenters. The van der Waals surface area contributed by atoms with Gasteiger partial charge >= 0.3 is 0 Å². The number of carbonyl (C=O) groups is 1. The maximum Gasteiger partial charge on any atom is 0.289 e. The molecule has 2 aromatic rings. The van der Waals surface area contributed by atoms with Crippen LogP contribution in [0.25, 0.3) is 0 Å². The fourth-order valence-electron chi connectivity index (χ4n) is 3.70. The van der Waals surface area contributed by atoms with Crippen molar-refractivity contribution in [3.63, 3.8) is 0 Å². The predicted octanol–water partition coefficient (Wildman–Crippen LogP) is 3.29. The van der Waals surface area contributed by atoms with E-state index in [1.54, 1.807) is 12.1 Å². The Morgan fingerprint density at radius 1 is 1.16 bits per heavy atom. The van der Waals surface area contributed by atoms with Crippen LogP contribution in [0.1, 0.15) is 23.0 Å². The Labute approximate surface area is 209 Å². The molecule has 0 radical (unpaired) electrons. The first-order valence-electron chi connectivity index (χ1n) is 10.6. The van der Waals surface area contributed by atoms with Gasteiger partial charge in [-0.05, 0) is 43.2 Å². The third-order valence-corrected chi connectivity index (χ3v) is 5.53. The first kappa shape index (κ1) is 24.5. The summed E-state index contributed by atoms with van der Waals surface area (Å²) in [6.45, 7) is 7.18.